The van der Waals surface area contributed by atoms with Gasteiger partial charge in [-0.3, -0.25) is 0 Å². The average molecular weight is 255 g/mol. The van der Waals surface area contributed by atoms with Crippen molar-refractivity contribution < 1.29 is 14.3 Å². The van der Waals surface area contributed by atoms with Gasteiger partial charge in [0.2, 0.25) is 0 Å². The van der Waals surface area contributed by atoms with Crippen LogP contribution in [0.5, 0.6) is 0 Å². The number of imidazole rings is 1. The standard InChI is InChI=1S/C11H8ClFN2O2/c1-15-4-9(14-5-15)6-2-7(11(16)17)10(13)8(12)3-6/h2-5H,1H3,(H,16,17). The molecule has 0 bridgehead atoms. The van der Waals surface area contributed by atoms with Crippen molar-refractivity contribution in [3.05, 3.63) is 41.1 Å². The number of aryl methyl sites for hydroxylation is 1. The molecule has 1 N–H and O–H groups in total. The fourth-order valence-electron chi connectivity index (χ4n) is 1.45. The number of carboxylic acids is 1. The van der Waals surface area contributed by atoms with Crippen molar-refractivity contribution in [3.63, 3.8) is 0 Å². The van der Waals surface area contributed by atoms with Crippen LogP contribution in [-0.4, -0.2) is 20.6 Å². The Morgan fingerprint density at radius 1 is 1.53 bits per heavy atom. The summed E-state index contributed by atoms with van der Waals surface area (Å²) in [6, 6.07) is 2.57. The first kappa shape index (κ1) is 11.6. The molecule has 0 fully saturated rings. The normalized spacial score (nSPS) is 10.5. The maximum absolute atomic E-state index is 13.4. The molecule has 0 aliphatic carbocycles. The van der Waals surface area contributed by atoms with Crippen LogP contribution in [0.25, 0.3) is 11.3 Å². The predicted octanol–water partition coefficient (Wildman–Crippen LogP) is 2.58. The van der Waals surface area contributed by atoms with Crippen LogP contribution >= 0.6 is 11.6 Å². The topological polar surface area (TPSA) is 55.1 Å². The van der Waals surface area contributed by atoms with E-state index in [2.05, 4.69) is 4.98 Å². The molecule has 2 aromatic rings. The van der Waals surface area contributed by atoms with Gasteiger partial charge in [-0.1, -0.05) is 11.6 Å². The van der Waals surface area contributed by atoms with Crippen molar-refractivity contribution >= 4 is 17.6 Å². The lowest BCUT2D eigenvalue weighted by Crippen LogP contribution is -2.01. The molecule has 0 atom stereocenters. The molecule has 1 aromatic heterocycles. The van der Waals surface area contributed by atoms with Crippen LogP contribution in [-0.2, 0) is 7.05 Å². The quantitative estimate of drug-likeness (QED) is 0.896. The van der Waals surface area contributed by atoms with Gasteiger partial charge in [-0.15, -0.1) is 0 Å². The largest absolute Gasteiger partial charge is 0.478 e. The zero-order valence-corrected chi connectivity index (χ0v) is 9.57. The van der Waals surface area contributed by atoms with E-state index < -0.39 is 17.3 Å². The van der Waals surface area contributed by atoms with Crippen LogP contribution in [0.4, 0.5) is 4.39 Å². The molecule has 0 radical (unpaired) electrons. The van der Waals surface area contributed by atoms with Gasteiger partial charge in [0, 0.05) is 18.8 Å². The number of hydrogen-bond donors (Lipinski definition) is 1. The number of nitrogens with zero attached hydrogens (tertiary/aromatic N) is 2. The minimum Gasteiger partial charge on any atom is -0.478 e. The molecule has 0 saturated heterocycles. The summed E-state index contributed by atoms with van der Waals surface area (Å²) in [5, 5.41) is 8.61. The molecule has 2 rings (SSSR count). The molecule has 1 aromatic carbocycles. The molecule has 4 nitrogen and oxygen atoms in total. The third-order valence-electron chi connectivity index (χ3n) is 2.26. The number of benzene rings is 1. The van der Waals surface area contributed by atoms with E-state index in [-0.39, 0.29) is 5.02 Å². The molecule has 0 amide bonds. The summed E-state index contributed by atoms with van der Waals surface area (Å²) in [6.45, 7) is 0. The van der Waals surface area contributed by atoms with E-state index in [0.717, 1.165) is 0 Å². The van der Waals surface area contributed by atoms with Gasteiger partial charge in [-0.2, -0.15) is 0 Å². The highest BCUT2D eigenvalue weighted by Crippen LogP contribution is 2.26. The Hall–Kier alpha value is -1.88. The third-order valence-corrected chi connectivity index (χ3v) is 2.53. The molecule has 1 heterocycles. The Balaban J connectivity index is 2.60. The first-order chi connectivity index (χ1) is 7.99. The molecule has 88 valence electrons. The van der Waals surface area contributed by atoms with Crippen molar-refractivity contribution in [2.45, 2.75) is 0 Å². The van der Waals surface area contributed by atoms with Crippen LogP contribution in [0.1, 0.15) is 10.4 Å². The second-order valence-corrected chi connectivity index (χ2v) is 3.96. The van der Waals surface area contributed by atoms with Gasteiger partial charge >= 0.3 is 5.97 Å². The molecular weight excluding hydrogens is 247 g/mol. The summed E-state index contributed by atoms with van der Waals surface area (Å²) in [5.41, 5.74) is 0.546. The Morgan fingerprint density at radius 2 is 2.24 bits per heavy atom. The summed E-state index contributed by atoms with van der Waals surface area (Å²) in [6.07, 6.45) is 3.25. The smallest absolute Gasteiger partial charge is 0.338 e. The summed E-state index contributed by atoms with van der Waals surface area (Å²) >= 11 is 5.65. The Morgan fingerprint density at radius 3 is 2.76 bits per heavy atom. The van der Waals surface area contributed by atoms with E-state index in [0.29, 0.717) is 11.3 Å². The highest BCUT2D eigenvalue weighted by Gasteiger charge is 2.16. The predicted molar refractivity (Wildman–Crippen MR) is 60.6 cm³/mol. The van der Waals surface area contributed by atoms with Gasteiger partial charge in [0.15, 0.2) is 5.82 Å². The molecule has 0 saturated carbocycles. The average Bonchev–Trinajstić information content (AvgIpc) is 2.68. The zero-order valence-electron chi connectivity index (χ0n) is 8.82. The van der Waals surface area contributed by atoms with Gasteiger partial charge in [-0.25, -0.2) is 14.2 Å². The van der Waals surface area contributed by atoms with E-state index >= 15 is 0 Å². The minimum atomic E-state index is -1.36. The highest BCUT2D eigenvalue weighted by atomic mass is 35.5. The van der Waals surface area contributed by atoms with Crippen LogP contribution < -0.4 is 0 Å². The van der Waals surface area contributed by atoms with Gasteiger partial charge in [0.05, 0.1) is 22.6 Å². The minimum absolute atomic E-state index is 0.231. The van der Waals surface area contributed by atoms with Crippen LogP contribution in [0.3, 0.4) is 0 Å². The first-order valence-electron chi connectivity index (χ1n) is 4.69. The number of aromatic carboxylic acids is 1. The Bertz CT molecular complexity index is 595. The molecule has 0 unspecified atom stereocenters. The van der Waals surface area contributed by atoms with Crippen molar-refractivity contribution in [3.8, 4) is 11.3 Å². The van der Waals surface area contributed by atoms with Gasteiger partial charge in [0.1, 0.15) is 0 Å². The van der Waals surface area contributed by atoms with Crippen molar-refractivity contribution in [2.75, 3.05) is 0 Å². The first-order valence-corrected chi connectivity index (χ1v) is 5.07. The van der Waals surface area contributed by atoms with Crippen molar-refractivity contribution in [2.24, 2.45) is 7.05 Å². The number of hydrogen-bond acceptors (Lipinski definition) is 2. The monoisotopic (exact) mass is 254 g/mol. The fourth-order valence-corrected chi connectivity index (χ4v) is 1.67. The summed E-state index contributed by atoms with van der Waals surface area (Å²) < 4.78 is 15.1. The summed E-state index contributed by atoms with van der Waals surface area (Å²) in [7, 11) is 1.78. The number of aromatic nitrogens is 2. The molecule has 6 heteroatoms. The van der Waals surface area contributed by atoms with Gasteiger partial charge in [0.25, 0.3) is 0 Å². The number of rotatable bonds is 2. The Kier molecular flexibility index (Phi) is 2.85. The van der Waals surface area contributed by atoms with Crippen LogP contribution in [0.15, 0.2) is 24.7 Å². The second kappa shape index (κ2) is 4.18. The lowest BCUT2D eigenvalue weighted by atomic mass is 10.1. The van der Waals surface area contributed by atoms with Crippen LogP contribution in [0.2, 0.25) is 5.02 Å². The maximum atomic E-state index is 13.4. The van der Waals surface area contributed by atoms with Crippen LogP contribution in [0, 0.1) is 5.82 Å². The van der Waals surface area contributed by atoms with E-state index in [1.54, 1.807) is 24.1 Å². The Labute approximate surface area is 101 Å². The van der Waals surface area contributed by atoms with E-state index in [9.17, 15) is 9.18 Å². The summed E-state index contributed by atoms with van der Waals surface area (Å²) in [4.78, 5) is 14.9. The van der Waals surface area contributed by atoms with E-state index in [1.165, 1.54) is 12.1 Å². The highest BCUT2D eigenvalue weighted by molar-refractivity contribution is 6.31. The van der Waals surface area contributed by atoms with E-state index in [1.807, 2.05) is 0 Å². The van der Waals surface area contributed by atoms with Gasteiger partial charge < -0.3 is 9.67 Å². The molecular formula is C11H8ClFN2O2. The fraction of sp³-hybridized carbons (Fsp3) is 0.0909. The lowest BCUT2D eigenvalue weighted by molar-refractivity contribution is 0.0692. The van der Waals surface area contributed by atoms with Crippen molar-refractivity contribution in [1.29, 1.82) is 0 Å². The number of carboxylic acid groups (broad SMARTS) is 1. The molecule has 0 aliphatic rings. The van der Waals surface area contributed by atoms with Crippen molar-refractivity contribution in [1.82, 2.24) is 9.55 Å². The molecule has 0 aliphatic heterocycles. The SMILES string of the molecule is Cn1cnc(-c2cc(Cl)c(F)c(C(=O)O)c2)c1. The number of halogens is 2. The lowest BCUT2D eigenvalue weighted by Gasteiger charge is -2.03. The molecule has 17 heavy (non-hydrogen) atoms. The third kappa shape index (κ3) is 2.14. The summed E-state index contributed by atoms with van der Waals surface area (Å²) in [5.74, 6) is -2.29. The van der Waals surface area contributed by atoms with E-state index in [4.69, 9.17) is 16.7 Å². The van der Waals surface area contributed by atoms with Gasteiger partial charge in [-0.05, 0) is 12.1 Å². The second-order valence-electron chi connectivity index (χ2n) is 3.55. The number of carbonyl (C=O) groups is 1. The maximum Gasteiger partial charge on any atom is 0.338 e. The molecule has 0 spiro atoms. The zero-order chi connectivity index (χ0) is 12.6.